The number of nitrogens with zero attached hydrogens (tertiary/aromatic N) is 3. The van der Waals surface area contributed by atoms with Crippen molar-refractivity contribution in [3.63, 3.8) is 0 Å². The van der Waals surface area contributed by atoms with Gasteiger partial charge >= 0.3 is 5.97 Å². The van der Waals surface area contributed by atoms with Crippen molar-refractivity contribution in [1.82, 2.24) is 14.8 Å². The van der Waals surface area contributed by atoms with Crippen LogP contribution in [0.2, 0.25) is 0 Å². The maximum Gasteiger partial charge on any atom is 0.315 e. The molecule has 0 fully saturated rings. The minimum Gasteiger partial charge on any atom is -0.481 e. The van der Waals surface area contributed by atoms with Crippen molar-refractivity contribution in [2.75, 3.05) is 6.54 Å². The molecule has 1 aromatic carbocycles. The van der Waals surface area contributed by atoms with Crippen molar-refractivity contribution in [1.29, 1.82) is 0 Å². The summed E-state index contributed by atoms with van der Waals surface area (Å²) in [7, 11) is 1.74. The van der Waals surface area contributed by atoms with Crippen LogP contribution < -0.4 is 5.73 Å². The quantitative estimate of drug-likeness (QED) is 0.834. The number of hydrogen-bond acceptors (Lipinski definition) is 4. The van der Waals surface area contributed by atoms with Gasteiger partial charge in [0.15, 0.2) is 0 Å². The van der Waals surface area contributed by atoms with Crippen LogP contribution in [0.25, 0.3) is 0 Å². The lowest BCUT2D eigenvalue weighted by Crippen LogP contribution is -2.45. The van der Waals surface area contributed by atoms with E-state index >= 15 is 0 Å². The molecule has 0 saturated carbocycles. The summed E-state index contributed by atoms with van der Waals surface area (Å²) < 4.78 is 1.57. The Balaban J connectivity index is 2.47. The summed E-state index contributed by atoms with van der Waals surface area (Å²) in [6.07, 6.45) is 1.62. The molecule has 2 rings (SSSR count). The van der Waals surface area contributed by atoms with Gasteiger partial charge in [-0.3, -0.25) is 9.48 Å². The molecule has 1 heterocycles. The Hall–Kier alpha value is -2.21. The van der Waals surface area contributed by atoms with Crippen molar-refractivity contribution in [2.45, 2.75) is 18.8 Å². The number of hydrogen-bond donors (Lipinski definition) is 2. The number of nitrogens with two attached hydrogens (primary N) is 1. The summed E-state index contributed by atoms with van der Waals surface area (Å²) in [5.41, 5.74) is 6.38. The van der Waals surface area contributed by atoms with Crippen LogP contribution in [-0.4, -0.2) is 32.4 Å². The van der Waals surface area contributed by atoms with E-state index in [1.165, 1.54) is 6.33 Å². The molecule has 2 aromatic rings. The average molecular weight is 274 g/mol. The second-order valence-electron chi connectivity index (χ2n) is 4.93. The van der Waals surface area contributed by atoms with Crippen LogP contribution in [0.4, 0.5) is 0 Å². The predicted octanol–water partition coefficient (Wildman–Crippen LogP) is 0.647. The van der Waals surface area contributed by atoms with Crippen molar-refractivity contribution in [3.8, 4) is 0 Å². The van der Waals surface area contributed by atoms with Gasteiger partial charge in [-0.25, -0.2) is 4.98 Å². The van der Waals surface area contributed by atoms with Gasteiger partial charge < -0.3 is 10.8 Å². The molecular formula is C14H18N4O2. The van der Waals surface area contributed by atoms with Gasteiger partial charge in [0, 0.05) is 20.0 Å². The fourth-order valence-electron chi connectivity index (χ4n) is 2.20. The second-order valence-corrected chi connectivity index (χ2v) is 4.93. The highest BCUT2D eigenvalue weighted by Gasteiger charge is 2.40. The lowest BCUT2D eigenvalue weighted by molar-refractivity contribution is -0.143. The summed E-state index contributed by atoms with van der Waals surface area (Å²) >= 11 is 0. The Morgan fingerprint density at radius 1 is 1.40 bits per heavy atom. The summed E-state index contributed by atoms with van der Waals surface area (Å²) in [4.78, 5) is 15.9. The highest BCUT2D eigenvalue weighted by molar-refractivity contribution is 5.82. The molecule has 1 aromatic heterocycles. The van der Waals surface area contributed by atoms with Crippen LogP contribution in [0.3, 0.4) is 0 Å². The van der Waals surface area contributed by atoms with Crippen LogP contribution in [0.1, 0.15) is 17.0 Å². The SMILES string of the molecule is Cc1ccc(C(CN)(Cc2ncnn2C)C(=O)O)cc1. The molecule has 0 saturated heterocycles. The zero-order valence-electron chi connectivity index (χ0n) is 11.6. The van der Waals surface area contributed by atoms with E-state index in [1.807, 2.05) is 31.2 Å². The van der Waals surface area contributed by atoms with E-state index in [2.05, 4.69) is 10.1 Å². The lowest BCUT2D eigenvalue weighted by atomic mass is 9.77. The van der Waals surface area contributed by atoms with Gasteiger partial charge in [-0.1, -0.05) is 29.8 Å². The number of aliphatic carboxylic acids is 1. The van der Waals surface area contributed by atoms with E-state index in [0.717, 1.165) is 5.56 Å². The molecule has 1 atom stereocenters. The number of carboxylic acids is 1. The van der Waals surface area contributed by atoms with Crippen molar-refractivity contribution in [3.05, 3.63) is 47.5 Å². The van der Waals surface area contributed by atoms with Crippen LogP contribution in [0.5, 0.6) is 0 Å². The maximum absolute atomic E-state index is 11.8. The summed E-state index contributed by atoms with van der Waals surface area (Å²) in [6.45, 7) is 1.95. The van der Waals surface area contributed by atoms with Crippen LogP contribution in [0, 0.1) is 6.92 Å². The number of aryl methyl sites for hydroxylation is 2. The topological polar surface area (TPSA) is 94.0 Å². The third-order valence-corrected chi connectivity index (χ3v) is 3.63. The molecule has 0 aliphatic heterocycles. The minimum atomic E-state index is -1.19. The molecule has 1 unspecified atom stereocenters. The lowest BCUT2D eigenvalue weighted by Gasteiger charge is -2.28. The van der Waals surface area contributed by atoms with Gasteiger partial charge in [-0.05, 0) is 12.5 Å². The van der Waals surface area contributed by atoms with Crippen molar-refractivity contribution >= 4 is 5.97 Å². The fourth-order valence-corrected chi connectivity index (χ4v) is 2.20. The van der Waals surface area contributed by atoms with E-state index in [-0.39, 0.29) is 13.0 Å². The van der Waals surface area contributed by atoms with Gasteiger partial charge in [0.1, 0.15) is 17.6 Å². The Kier molecular flexibility index (Phi) is 3.85. The number of aromatic nitrogens is 3. The summed E-state index contributed by atoms with van der Waals surface area (Å²) in [6, 6.07) is 7.40. The molecule has 0 aliphatic rings. The van der Waals surface area contributed by atoms with Gasteiger partial charge in [0.2, 0.25) is 0 Å². The molecule has 0 amide bonds. The van der Waals surface area contributed by atoms with E-state index in [4.69, 9.17) is 5.73 Å². The Morgan fingerprint density at radius 2 is 2.05 bits per heavy atom. The molecule has 20 heavy (non-hydrogen) atoms. The zero-order valence-corrected chi connectivity index (χ0v) is 11.6. The van der Waals surface area contributed by atoms with Crippen LogP contribution in [-0.2, 0) is 23.7 Å². The van der Waals surface area contributed by atoms with Crippen molar-refractivity contribution < 1.29 is 9.90 Å². The Labute approximate surface area is 117 Å². The minimum absolute atomic E-state index is 0.00173. The first-order chi connectivity index (χ1) is 9.49. The molecule has 0 spiro atoms. The third kappa shape index (κ3) is 2.42. The number of carbonyl (C=O) groups is 1. The molecule has 106 valence electrons. The predicted molar refractivity (Wildman–Crippen MR) is 74.3 cm³/mol. The van der Waals surface area contributed by atoms with Gasteiger partial charge in [0.25, 0.3) is 0 Å². The average Bonchev–Trinajstić information content (AvgIpc) is 2.82. The summed E-state index contributed by atoms with van der Waals surface area (Å²) in [5, 5.41) is 13.7. The van der Waals surface area contributed by atoms with Gasteiger partial charge in [0.05, 0.1) is 0 Å². The van der Waals surface area contributed by atoms with E-state index in [1.54, 1.807) is 11.7 Å². The van der Waals surface area contributed by atoms with Gasteiger partial charge in [-0.15, -0.1) is 0 Å². The monoisotopic (exact) mass is 274 g/mol. The molecule has 0 aliphatic carbocycles. The molecule has 3 N–H and O–H groups in total. The standard InChI is InChI=1S/C14H18N4O2/c1-10-3-5-11(6-4-10)14(8-15,13(19)20)7-12-16-9-17-18(12)2/h3-6,9H,7-8,15H2,1-2H3,(H,19,20). The first-order valence-corrected chi connectivity index (χ1v) is 6.33. The van der Waals surface area contributed by atoms with Crippen LogP contribution >= 0.6 is 0 Å². The van der Waals surface area contributed by atoms with Gasteiger partial charge in [-0.2, -0.15) is 5.10 Å². The van der Waals surface area contributed by atoms with E-state index in [0.29, 0.717) is 11.4 Å². The Morgan fingerprint density at radius 3 is 2.50 bits per heavy atom. The normalized spacial score (nSPS) is 13.9. The maximum atomic E-state index is 11.8. The molecular weight excluding hydrogens is 256 g/mol. The van der Waals surface area contributed by atoms with E-state index < -0.39 is 11.4 Å². The first kappa shape index (κ1) is 14.2. The fraction of sp³-hybridized carbons (Fsp3) is 0.357. The summed E-state index contributed by atoms with van der Waals surface area (Å²) in [5.74, 6) is -0.356. The van der Waals surface area contributed by atoms with Crippen LogP contribution in [0.15, 0.2) is 30.6 Å². The first-order valence-electron chi connectivity index (χ1n) is 6.33. The molecule has 0 radical (unpaired) electrons. The highest BCUT2D eigenvalue weighted by atomic mass is 16.4. The zero-order chi connectivity index (χ0) is 14.8. The molecule has 6 heteroatoms. The number of rotatable bonds is 5. The number of carboxylic acid groups (broad SMARTS) is 1. The van der Waals surface area contributed by atoms with E-state index in [9.17, 15) is 9.90 Å². The van der Waals surface area contributed by atoms with Crippen molar-refractivity contribution in [2.24, 2.45) is 12.8 Å². The molecule has 6 nitrogen and oxygen atoms in total. The smallest absolute Gasteiger partial charge is 0.315 e. The second kappa shape index (κ2) is 5.42. The largest absolute Gasteiger partial charge is 0.481 e. The highest BCUT2D eigenvalue weighted by Crippen LogP contribution is 2.28. The number of benzene rings is 1. The molecule has 0 bridgehead atoms. The third-order valence-electron chi connectivity index (χ3n) is 3.63. The Bertz CT molecular complexity index is 606.